The second kappa shape index (κ2) is 6.68. The number of primary amides is 1. The van der Waals surface area contributed by atoms with E-state index in [1.54, 1.807) is 18.4 Å². The monoisotopic (exact) mass is 331 g/mol. The summed E-state index contributed by atoms with van der Waals surface area (Å²) in [6.45, 7) is 2.51. The van der Waals surface area contributed by atoms with E-state index in [9.17, 15) is 9.59 Å². The maximum absolute atomic E-state index is 12.3. The number of nitrogens with one attached hydrogen (secondary N) is 1. The number of benzene rings is 1. The fourth-order valence-electron chi connectivity index (χ4n) is 3.29. The van der Waals surface area contributed by atoms with Crippen LogP contribution < -0.4 is 11.1 Å². The number of rotatable bonds is 5. The molecule has 6 heteroatoms. The Kier molecular flexibility index (Phi) is 4.63. The molecule has 1 fully saturated rings. The molecule has 1 aromatic carbocycles. The maximum Gasteiger partial charge on any atom is 0.261 e. The zero-order chi connectivity index (χ0) is 16.4. The average molecular weight is 331 g/mol. The molecule has 1 aromatic heterocycles. The zero-order valence-electron chi connectivity index (χ0n) is 13.2. The van der Waals surface area contributed by atoms with E-state index in [4.69, 9.17) is 5.73 Å². The van der Waals surface area contributed by atoms with E-state index in [1.165, 1.54) is 5.39 Å². The van der Waals surface area contributed by atoms with Crippen molar-refractivity contribution in [2.45, 2.75) is 18.8 Å². The number of likely N-dealkylation sites (tertiary alicyclic amines) is 1. The Balaban J connectivity index is 1.90. The maximum atomic E-state index is 12.3. The Bertz CT molecular complexity index is 741. The summed E-state index contributed by atoms with van der Waals surface area (Å²) in [7, 11) is 1.67. The standard InChI is InChI=1S/C17H21N3O2S/c1-19-17(22)16-15(12-4-2-3-5-13(12)23-16)11-6-8-20(10-11)9-7-14(18)21/h2-5,11H,6-10H2,1H3,(H2,18,21)(H,19,22). The first-order chi connectivity index (χ1) is 11.1. The third-order valence-electron chi connectivity index (χ3n) is 4.42. The van der Waals surface area contributed by atoms with Crippen molar-refractivity contribution in [2.75, 3.05) is 26.7 Å². The van der Waals surface area contributed by atoms with Crippen molar-refractivity contribution < 1.29 is 9.59 Å². The Hall–Kier alpha value is -1.92. The number of hydrogen-bond donors (Lipinski definition) is 2. The molecule has 0 aliphatic carbocycles. The number of carbonyl (C=O) groups is 2. The van der Waals surface area contributed by atoms with Gasteiger partial charge in [-0.2, -0.15) is 0 Å². The van der Waals surface area contributed by atoms with Gasteiger partial charge in [-0.1, -0.05) is 18.2 Å². The van der Waals surface area contributed by atoms with Crippen LogP contribution in [0, 0.1) is 0 Å². The van der Waals surface area contributed by atoms with Crippen molar-refractivity contribution in [1.82, 2.24) is 10.2 Å². The summed E-state index contributed by atoms with van der Waals surface area (Å²) in [5.74, 6) is 0.0450. The van der Waals surface area contributed by atoms with E-state index in [0.717, 1.165) is 34.7 Å². The van der Waals surface area contributed by atoms with Gasteiger partial charge < -0.3 is 16.0 Å². The Morgan fingerprint density at radius 1 is 1.39 bits per heavy atom. The lowest BCUT2D eigenvalue weighted by atomic mass is 9.95. The Morgan fingerprint density at radius 3 is 2.91 bits per heavy atom. The molecule has 2 amide bonds. The fourth-order valence-corrected chi connectivity index (χ4v) is 4.53. The molecule has 1 aliphatic rings. The highest BCUT2D eigenvalue weighted by Gasteiger charge is 2.30. The first kappa shape index (κ1) is 16.0. The molecule has 1 saturated heterocycles. The summed E-state index contributed by atoms with van der Waals surface area (Å²) >= 11 is 1.56. The van der Waals surface area contributed by atoms with Crippen LogP contribution in [0.4, 0.5) is 0 Å². The number of amides is 2. The molecule has 0 spiro atoms. The molecule has 1 aliphatic heterocycles. The summed E-state index contributed by atoms with van der Waals surface area (Å²) in [6.07, 6.45) is 1.39. The van der Waals surface area contributed by atoms with Crippen molar-refractivity contribution in [2.24, 2.45) is 5.73 Å². The van der Waals surface area contributed by atoms with Crippen LogP contribution in [0.3, 0.4) is 0 Å². The van der Waals surface area contributed by atoms with Crippen molar-refractivity contribution in [3.8, 4) is 0 Å². The summed E-state index contributed by atoms with van der Waals surface area (Å²) in [4.78, 5) is 26.3. The Labute approximate surface area is 139 Å². The third kappa shape index (κ3) is 3.23. The zero-order valence-corrected chi connectivity index (χ0v) is 14.0. The van der Waals surface area contributed by atoms with Gasteiger partial charge in [0, 0.05) is 37.2 Å². The Morgan fingerprint density at radius 2 is 2.17 bits per heavy atom. The lowest BCUT2D eigenvalue weighted by molar-refractivity contribution is -0.118. The van der Waals surface area contributed by atoms with Crippen LogP contribution in [0.1, 0.15) is 34.0 Å². The first-order valence-corrected chi connectivity index (χ1v) is 8.66. The van der Waals surface area contributed by atoms with Crippen LogP contribution in [0.5, 0.6) is 0 Å². The highest BCUT2D eigenvalue weighted by Crippen LogP contribution is 2.40. The van der Waals surface area contributed by atoms with Gasteiger partial charge in [0.2, 0.25) is 5.91 Å². The second-order valence-electron chi connectivity index (χ2n) is 5.92. The number of hydrogen-bond acceptors (Lipinski definition) is 4. The third-order valence-corrected chi connectivity index (χ3v) is 5.61. The number of fused-ring (bicyclic) bond motifs is 1. The predicted molar refractivity (Wildman–Crippen MR) is 92.8 cm³/mol. The summed E-state index contributed by atoms with van der Waals surface area (Å²) in [5, 5.41) is 3.93. The summed E-state index contributed by atoms with van der Waals surface area (Å²) in [6, 6.07) is 8.19. The molecule has 122 valence electrons. The largest absolute Gasteiger partial charge is 0.370 e. The topological polar surface area (TPSA) is 75.4 Å². The lowest BCUT2D eigenvalue weighted by Gasteiger charge is -2.15. The average Bonchev–Trinajstić information content (AvgIpc) is 3.15. The van der Waals surface area contributed by atoms with Gasteiger partial charge in [-0.15, -0.1) is 11.3 Å². The number of nitrogens with two attached hydrogens (primary N) is 1. The normalized spacial score (nSPS) is 18.4. The lowest BCUT2D eigenvalue weighted by Crippen LogP contribution is -2.26. The molecule has 1 unspecified atom stereocenters. The van der Waals surface area contributed by atoms with E-state index in [0.29, 0.717) is 18.9 Å². The molecule has 5 nitrogen and oxygen atoms in total. The minimum Gasteiger partial charge on any atom is -0.370 e. The molecule has 1 atom stereocenters. The van der Waals surface area contributed by atoms with Crippen molar-refractivity contribution >= 4 is 33.2 Å². The summed E-state index contributed by atoms with van der Waals surface area (Å²) < 4.78 is 1.15. The van der Waals surface area contributed by atoms with E-state index in [1.807, 2.05) is 12.1 Å². The van der Waals surface area contributed by atoms with Gasteiger partial charge in [-0.3, -0.25) is 9.59 Å². The fraction of sp³-hybridized carbons (Fsp3) is 0.412. The molecular weight excluding hydrogens is 310 g/mol. The SMILES string of the molecule is CNC(=O)c1sc2ccccc2c1C1CCN(CCC(N)=O)C1. The van der Waals surface area contributed by atoms with Crippen LogP contribution in [-0.4, -0.2) is 43.4 Å². The molecule has 0 saturated carbocycles. The first-order valence-electron chi connectivity index (χ1n) is 7.84. The summed E-state index contributed by atoms with van der Waals surface area (Å²) in [5.41, 5.74) is 6.40. The number of carbonyl (C=O) groups excluding carboxylic acids is 2. The molecular formula is C17H21N3O2S. The van der Waals surface area contributed by atoms with Gasteiger partial charge >= 0.3 is 0 Å². The van der Waals surface area contributed by atoms with Crippen LogP contribution in [0.2, 0.25) is 0 Å². The van der Waals surface area contributed by atoms with Crippen molar-refractivity contribution in [3.05, 3.63) is 34.7 Å². The molecule has 23 heavy (non-hydrogen) atoms. The molecule has 3 N–H and O–H groups in total. The van der Waals surface area contributed by atoms with Gasteiger partial charge in [0.15, 0.2) is 0 Å². The minimum atomic E-state index is -0.263. The highest BCUT2D eigenvalue weighted by molar-refractivity contribution is 7.21. The van der Waals surface area contributed by atoms with E-state index in [-0.39, 0.29) is 11.8 Å². The van der Waals surface area contributed by atoms with Crippen LogP contribution in [0.15, 0.2) is 24.3 Å². The van der Waals surface area contributed by atoms with Gasteiger partial charge in [0.25, 0.3) is 5.91 Å². The van der Waals surface area contributed by atoms with Gasteiger partial charge in [-0.25, -0.2) is 0 Å². The minimum absolute atomic E-state index is 0.0169. The van der Waals surface area contributed by atoms with Crippen molar-refractivity contribution in [3.63, 3.8) is 0 Å². The van der Waals surface area contributed by atoms with Crippen molar-refractivity contribution in [1.29, 1.82) is 0 Å². The van der Waals surface area contributed by atoms with Gasteiger partial charge in [0.1, 0.15) is 0 Å². The molecule has 3 rings (SSSR count). The highest BCUT2D eigenvalue weighted by atomic mass is 32.1. The molecule has 0 bridgehead atoms. The van der Waals surface area contributed by atoms with E-state index >= 15 is 0 Å². The predicted octanol–water partition coefficient (Wildman–Crippen LogP) is 1.93. The quantitative estimate of drug-likeness (QED) is 0.879. The molecule has 0 radical (unpaired) electrons. The molecule has 2 heterocycles. The van der Waals surface area contributed by atoms with Crippen LogP contribution in [0.25, 0.3) is 10.1 Å². The van der Waals surface area contributed by atoms with Gasteiger partial charge in [-0.05, 0) is 30.0 Å². The number of thiophene rings is 1. The van der Waals surface area contributed by atoms with E-state index < -0.39 is 0 Å². The van der Waals surface area contributed by atoms with E-state index in [2.05, 4.69) is 22.3 Å². The number of nitrogens with zero attached hydrogens (tertiary/aromatic N) is 1. The van der Waals surface area contributed by atoms with Gasteiger partial charge in [0.05, 0.1) is 4.88 Å². The molecule has 2 aromatic rings. The smallest absolute Gasteiger partial charge is 0.261 e. The second-order valence-corrected chi connectivity index (χ2v) is 6.97. The van der Waals surface area contributed by atoms with Crippen LogP contribution in [-0.2, 0) is 4.79 Å². The van der Waals surface area contributed by atoms with Crippen LogP contribution >= 0.6 is 11.3 Å².